The molecule has 2 saturated heterocycles. The number of rotatable bonds is 16. The summed E-state index contributed by atoms with van der Waals surface area (Å²) in [5.41, 5.74) is -0.662. The van der Waals surface area contributed by atoms with Gasteiger partial charge in [-0.1, -0.05) is 13.8 Å². The largest absolute Gasteiger partial charge is 0.393 e. The molecule has 0 aromatic heterocycles. The number of hydrogen-bond donors (Lipinski definition) is 0. The van der Waals surface area contributed by atoms with Crippen molar-refractivity contribution in [2.24, 2.45) is 11.8 Å². The van der Waals surface area contributed by atoms with E-state index in [4.69, 9.17) is 14.2 Å². The average Bonchev–Trinajstić information content (AvgIpc) is 2.77. The number of esters is 4. The Morgan fingerprint density at radius 2 is 1.06 bits per heavy atom. The molecule has 2 aliphatic heterocycles. The van der Waals surface area contributed by atoms with Gasteiger partial charge in [-0.15, -0.1) is 0 Å². The van der Waals surface area contributed by atoms with Crippen LogP contribution in [0, 0.1) is 11.8 Å². The summed E-state index contributed by atoms with van der Waals surface area (Å²) in [5, 5.41) is 0. The molecule has 0 amide bonds. The smallest absolute Gasteiger partial charge is 0.313 e. The normalized spacial score (nSPS) is 21.4. The monoisotopic (exact) mass is 498 g/mol. The van der Waals surface area contributed by atoms with Crippen LogP contribution < -0.4 is 0 Å². The van der Waals surface area contributed by atoms with Gasteiger partial charge >= 0.3 is 23.9 Å². The van der Waals surface area contributed by atoms with Gasteiger partial charge in [-0.25, -0.2) is 0 Å². The van der Waals surface area contributed by atoms with Crippen molar-refractivity contribution in [1.82, 2.24) is 0 Å². The predicted molar refractivity (Wildman–Crippen MR) is 126 cm³/mol. The van der Waals surface area contributed by atoms with Crippen molar-refractivity contribution in [1.29, 1.82) is 0 Å². The Morgan fingerprint density at radius 3 is 1.51 bits per heavy atom. The lowest BCUT2D eigenvalue weighted by Gasteiger charge is -2.33. The van der Waals surface area contributed by atoms with E-state index in [0.717, 1.165) is 25.7 Å². The molecule has 0 aromatic carbocycles. The maximum atomic E-state index is 11.4. The van der Waals surface area contributed by atoms with E-state index in [-0.39, 0.29) is 48.7 Å². The van der Waals surface area contributed by atoms with Gasteiger partial charge in [0.15, 0.2) is 0 Å². The first-order valence-electron chi connectivity index (χ1n) is 12.9. The number of cyclic esters (lactones) is 4. The van der Waals surface area contributed by atoms with Crippen LogP contribution in [0.1, 0.15) is 91.9 Å². The maximum absolute atomic E-state index is 11.4. The summed E-state index contributed by atoms with van der Waals surface area (Å²) < 4.78 is 27.3. The molecular weight excluding hydrogens is 456 g/mol. The van der Waals surface area contributed by atoms with E-state index in [9.17, 15) is 19.2 Å². The van der Waals surface area contributed by atoms with Crippen LogP contribution in [0.2, 0.25) is 0 Å². The highest BCUT2D eigenvalue weighted by atomic mass is 16.6. The van der Waals surface area contributed by atoms with Crippen LogP contribution in [0.25, 0.3) is 0 Å². The molecule has 35 heavy (non-hydrogen) atoms. The topological polar surface area (TPSA) is 114 Å². The fourth-order valence-electron chi connectivity index (χ4n) is 4.24. The molecule has 9 nitrogen and oxygen atoms in total. The van der Waals surface area contributed by atoms with Crippen molar-refractivity contribution in [2.75, 3.05) is 26.4 Å². The summed E-state index contributed by atoms with van der Waals surface area (Å²) in [6.45, 7) is 10.4. The van der Waals surface area contributed by atoms with Gasteiger partial charge in [-0.2, -0.15) is 0 Å². The van der Waals surface area contributed by atoms with E-state index in [1.807, 2.05) is 0 Å². The Morgan fingerprint density at radius 1 is 0.657 bits per heavy atom. The van der Waals surface area contributed by atoms with Gasteiger partial charge in [0.1, 0.15) is 0 Å². The van der Waals surface area contributed by atoms with Gasteiger partial charge in [-0.3, -0.25) is 19.2 Å². The molecule has 0 N–H and O–H groups in total. The minimum Gasteiger partial charge on any atom is -0.393 e. The minimum absolute atomic E-state index is 0.00305. The molecule has 2 fully saturated rings. The predicted octanol–water partition coefficient (Wildman–Crippen LogP) is 3.89. The molecule has 0 radical (unpaired) electrons. The Labute approximate surface area is 208 Å². The first kappa shape index (κ1) is 29.4. The summed E-state index contributed by atoms with van der Waals surface area (Å²) in [6, 6.07) is 0. The quantitative estimate of drug-likeness (QED) is 0.177. The van der Waals surface area contributed by atoms with Crippen molar-refractivity contribution < 1.29 is 42.9 Å². The highest BCUT2D eigenvalue weighted by Gasteiger charge is 2.30. The first-order chi connectivity index (χ1) is 16.6. The molecule has 0 aromatic rings. The van der Waals surface area contributed by atoms with Gasteiger partial charge in [0.2, 0.25) is 0 Å². The third kappa shape index (κ3) is 10.8. The lowest BCUT2D eigenvalue weighted by Crippen LogP contribution is -2.35. The van der Waals surface area contributed by atoms with E-state index >= 15 is 0 Å². The van der Waals surface area contributed by atoms with Crippen molar-refractivity contribution in [3.63, 3.8) is 0 Å². The molecule has 2 rings (SSSR count). The molecule has 0 saturated carbocycles. The summed E-state index contributed by atoms with van der Waals surface area (Å²) in [7, 11) is 0. The standard InChI is InChI=1S/C26H42O9/c1-5-25(3,9-13-31-11-7-19-15-21(27)34-22(28)16-19)33-14-10-26(4,6-2)32-12-8-20-17-23(29)35-24(30)18-20/h19-20H,5-18H2,1-4H3. The zero-order valence-corrected chi connectivity index (χ0v) is 21.7. The van der Waals surface area contributed by atoms with Crippen molar-refractivity contribution >= 4 is 23.9 Å². The molecule has 0 spiro atoms. The Balaban J connectivity index is 1.64. The molecule has 200 valence electrons. The summed E-state index contributed by atoms with van der Waals surface area (Å²) >= 11 is 0. The molecule has 0 bridgehead atoms. The minimum atomic E-state index is -0.450. The second-order valence-electron chi connectivity index (χ2n) is 10.2. The van der Waals surface area contributed by atoms with Gasteiger partial charge in [-0.05, 0) is 64.2 Å². The SMILES string of the molecule is CCC(C)(CCOCCC1CC(=O)OC(=O)C1)OCCC(C)(CC)OCCC1CC(=O)OC(=O)C1. The van der Waals surface area contributed by atoms with E-state index in [0.29, 0.717) is 39.3 Å². The number of carbonyl (C=O) groups excluding carboxylic acids is 4. The second-order valence-corrected chi connectivity index (χ2v) is 10.2. The zero-order valence-electron chi connectivity index (χ0n) is 21.7. The molecule has 2 aliphatic rings. The van der Waals surface area contributed by atoms with Crippen molar-refractivity contribution in [3.8, 4) is 0 Å². The Kier molecular flexibility index (Phi) is 11.8. The Hall–Kier alpha value is -1.84. The van der Waals surface area contributed by atoms with Crippen LogP contribution in [0.4, 0.5) is 0 Å². The fraction of sp³-hybridized carbons (Fsp3) is 0.846. The van der Waals surface area contributed by atoms with Crippen molar-refractivity contribution in [2.45, 2.75) is 103 Å². The summed E-state index contributed by atoms with van der Waals surface area (Å²) in [6.07, 6.45) is 5.53. The van der Waals surface area contributed by atoms with E-state index in [1.165, 1.54) is 0 Å². The fourth-order valence-corrected chi connectivity index (χ4v) is 4.24. The van der Waals surface area contributed by atoms with Gasteiger partial charge in [0.05, 0.1) is 17.8 Å². The lowest BCUT2D eigenvalue weighted by atomic mass is 9.95. The third-order valence-corrected chi connectivity index (χ3v) is 7.28. The molecule has 2 atom stereocenters. The highest BCUT2D eigenvalue weighted by molar-refractivity contribution is 5.88. The van der Waals surface area contributed by atoms with Crippen LogP contribution in [-0.4, -0.2) is 61.5 Å². The van der Waals surface area contributed by atoms with E-state index in [2.05, 4.69) is 37.2 Å². The summed E-state index contributed by atoms with van der Waals surface area (Å²) in [4.78, 5) is 45.6. The van der Waals surface area contributed by atoms with Crippen LogP contribution in [-0.2, 0) is 42.9 Å². The van der Waals surface area contributed by atoms with Crippen molar-refractivity contribution in [3.05, 3.63) is 0 Å². The zero-order chi connectivity index (χ0) is 25.9. The Bertz CT molecular complexity index is 704. The number of ether oxygens (including phenoxy) is 5. The van der Waals surface area contributed by atoms with Gasteiger partial charge in [0, 0.05) is 45.5 Å². The highest BCUT2D eigenvalue weighted by Crippen LogP contribution is 2.27. The second kappa shape index (κ2) is 14.0. The molecular formula is C26H42O9. The lowest BCUT2D eigenvalue weighted by molar-refractivity contribution is -0.167. The van der Waals surface area contributed by atoms with Crippen LogP contribution >= 0.6 is 0 Å². The molecule has 0 aliphatic carbocycles. The van der Waals surface area contributed by atoms with Gasteiger partial charge in [0.25, 0.3) is 0 Å². The third-order valence-electron chi connectivity index (χ3n) is 7.28. The number of carbonyl (C=O) groups is 4. The van der Waals surface area contributed by atoms with Gasteiger partial charge < -0.3 is 23.7 Å². The number of hydrogen-bond acceptors (Lipinski definition) is 9. The van der Waals surface area contributed by atoms with Crippen LogP contribution in [0.15, 0.2) is 0 Å². The first-order valence-corrected chi connectivity index (χ1v) is 12.9. The summed E-state index contributed by atoms with van der Waals surface area (Å²) in [5.74, 6) is -1.82. The maximum Gasteiger partial charge on any atom is 0.313 e. The molecule has 2 heterocycles. The average molecular weight is 499 g/mol. The van der Waals surface area contributed by atoms with Crippen LogP contribution in [0.5, 0.6) is 0 Å². The van der Waals surface area contributed by atoms with Crippen LogP contribution in [0.3, 0.4) is 0 Å². The molecule has 9 heteroatoms. The molecule has 2 unspecified atom stereocenters. The van der Waals surface area contributed by atoms with E-state index < -0.39 is 23.9 Å². The van der Waals surface area contributed by atoms with E-state index in [1.54, 1.807) is 0 Å².